The van der Waals surface area contributed by atoms with E-state index in [0.29, 0.717) is 16.8 Å². The lowest BCUT2D eigenvalue weighted by atomic mass is 10.0. The van der Waals surface area contributed by atoms with Gasteiger partial charge in [0.05, 0.1) is 17.9 Å². The maximum Gasteiger partial charge on any atom is 0.124 e. The highest BCUT2D eigenvalue weighted by molar-refractivity contribution is 6.99. The van der Waals surface area contributed by atoms with Crippen LogP contribution in [-0.2, 0) is 0 Å². The number of aromatic nitrogens is 2. The topological polar surface area (TPSA) is 46.0 Å². The predicted octanol–water partition coefficient (Wildman–Crippen LogP) is 2.07. The van der Waals surface area contributed by atoms with Crippen molar-refractivity contribution >= 4 is 11.7 Å². The summed E-state index contributed by atoms with van der Waals surface area (Å²) in [7, 11) is 0. The molecule has 0 spiro atoms. The van der Waals surface area contributed by atoms with Crippen molar-refractivity contribution in [2.24, 2.45) is 0 Å². The molecule has 0 saturated heterocycles. The van der Waals surface area contributed by atoms with Gasteiger partial charge in [0, 0.05) is 0 Å². The molecule has 78 valence electrons. The van der Waals surface area contributed by atoms with Gasteiger partial charge in [-0.1, -0.05) is 6.07 Å². The van der Waals surface area contributed by atoms with E-state index in [-0.39, 0.29) is 5.82 Å². The van der Waals surface area contributed by atoms with Gasteiger partial charge >= 0.3 is 0 Å². The first-order valence-corrected chi connectivity index (χ1v) is 5.13. The summed E-state index contributed by atoms with van der Waals surface area (Å²) >= 11 is 1.04. The molecule has 0 amide bonds. The minimum Gasteiger partial charge on any atom is -0.382 e. The number of halogens is 1. The number of aliphatic hydroxyl groups is 1. The van der Waals surface area contributed by atoms with Gasteiger partial charge in [-0.2, -0.15) is 8.75 Å². The van der Waals surface area contributed by atoms with Gasteiger partial charge in [-0.3, -0.25) is 0 Å². The summed E-state index contributed by atoms with van der Waals surface area (Å²) in [6.45, 7) is 1.75. The van der Waals surface area contributed by atoms with Gasteiger partial charge in [0.25, 0.3) is 0 Å². The van der Waals surface area contributed by atoms with Crippen LogP contribution in [0.1, 0.15) is 22.9 Å². The summed E-state index contributed by atoms with van der Waals surface area (Å²) in [4.78, 5) is 0. The van der Waals surface area contributed by atoms with E-state index < -0.39 is 6.10 Å². The maximum atomic E-state index is 12.8. The maximum absolute atomic E-state index is 12.8. The van der Waals surface area contributed by atoms with Gasteiger partial charge in [0.15, 0.2) is 0 Å². The summed E-state index contributed by atoms with van der Waals surface area (Å²) in [6, 6.07) is 4.28. The summed E-state index contributed by atoms with van der Waals surface area (Å²) in [5.74, 6) is -0.306. The van der Waals surface area contributed by atoms with Gasteiger partial charge in [-0.25, -0.2) is 4.39 Å². The first-order chi connectivity index (χ1) is 7.18. The van der Waals surface area contributed by atoms with E-state index in [4.69, 9.17) is 0 Å². The molecule has 1 unspecified atom stereocenters. The molecule has 1 heterocycles. The molecule has 1 atom stereocenters. The number of nitrogens with zero attached hydrogens (tertiary/aromatic N) is 2. The Labute approximate surface area is 90.5 Å². The smallest absolute Gasteiger partial charge is 0.124 e. The van der Waals surface area contributed by atoms with E-state index >= 15 is 0 Å². The molecule has 0 aliphatic heterocycles. The molecule has 0 saturated carbocycles. The van der Waals surface area contributed by atoms with Crippen molar-refractivity contribution in [3.8, 4) is 0 Å². The van der Waals surface area contributed by atoms with Crippen molar-refractivity contribution < 1.29 is 9.50 Å². The third-order valence-electron chi connectivity index (χ3n) is 2.18. The van der Waals surface area contributed by atoms with Crippen LogP contribution < -0.4 is 0 Å². The monoisotopic (exact) mass is 224 g/mol. The van der Waals surface area contributed by atoms with Crippen LogP contribution in [0.15, 0.2) is 24.4 Å². The highest BCUT2D eigenvalue weighted by atomic mass is 32.1. The zero-order chi connectivity index (χ0) is 10.8. The van der Waals surface area contributed by atoms with Crippen LogP contribution in [0.2, 0.25) is 0 Å². The molecular weight excluding hydrogens is 215 g/mol. The lowest BCUT2D eigenvalue weighted by Crippen LogP contribution is -2.02. The molecule has 0 aliphatic carbocycles. The Morgan fingerprint density at radius 1 is 1.47 bits per heavy atom. The lowest BCUT2D eigenvalue weighted by molar-refractivity contribution is 0.215. The van der Waals surface area contributed by atoms with Crippen molar-refractivity contribution in [3.63, 3.8) is 0 Å². The summed E-state index contributed by atoms with van der Waals surface area (Å²) in [5.41, 5.74) is 1.86. The minimum absolute atomic E-state index is 0.306. The van der Waals surface area contributed by atoms with Crippen LogP contribution in [0, 0.1) is 12.7 Å². The van der Waals surface area contributed by atoms with Gasteiger partial charge in [0.2, 0.25) is 0 Å². The SMILES string of the molecule is Cc1cc(F)ccc1C(O)c1cnsn1. The molecule has 0 aliphatic rings. The summed E-state index contributed by atoms with van der Waals surface area (Å²) in [5, 5.41) is 9.93. The molecule has 2 aromatic rings. The molecule has 1 aromatic carbocycles. The Balaban J connectivity index is 2.38. The first-order valence-electron chi connectivity index (χ1n) is 4.40. The fourth-order valence-corrected chi connectivity index (χ4v) is 1.84. The number of benzene rings is 1. The fourth-order valence-electron chi connectivity index (χ4n) is 1.40. The highest BCUT2D eigenvalue weighted by Gasteiger charge is 2.15. The minimum atomic E-state index is -0.829. The molecule has 1 N–H and O–H groups in total. The Morgan fingerprint density at radius 2 is 2.27 bits per heavy atom. The Bertz CT molecular complexity index is 458. The van der Waals surface area contributed by atoms with Crippen molar-refractivity contribution in [2.45, 2.75) is 13.0 Å². The second kappa shape index (κ2) is 4.04. The summed E-state index contributed by atoms with van der Waals surface area (Å²) < 4.78 is 20.6. The average Bonchev–Trinajstić information content (AvgIpc) is 2.69. The van der Waals surface area contributed by atoms with Crippen molar-refractivity contribution in [1.29, 1.82) is 0 Å². The van der Waals surface area contributed by atoms with Crippen molar-refractivity contribution in [2.75, 3.05) is 0 Å². The largest absolute Gasteiger partial charge is 0.382 e. The lowest BCUT2D eigenvalue weighted by Gasteiger charge is -2.10. The predicted molar refractivity (Wildman–Crippen MR) is 55.1 cm³/mol. The third-order valence-corrected chi connectivity index (χ3v) is 2.68. The van der Waals surface area contributed by atoms with Crippen LogP contribution in [0.4, 0.5) is 4.39 Å². The average molecular weight is 224 g/mol. The highest BCUT2D eigenvalue weighted by Crippen LogP contribution is 2.23. The molecule has 3 nitrogen and oxygen atoms in total. The molecule has 1 aromatic heterocycles. The van der Waals surface area contributed by atoms with Gasteiger partial charge < -0.3 is 5.11 Å². The number of hydrogen-bond donors (Lipinski definition) is 1. The van der Waals surface area contributed by atoms with E-state index in [0.717, 1.165) is 11.7 Å². The first kappa shape index (κ1) is 10.2. The number of aryl methyl sites for hydroxylation is 1. The quantitative estimate of drug-likeness (QED) is 0.849. The van der Waals surface area contributed by atoms with Crippen LogP contribution >= 0.6 is 11.7 Å². The molecule has 0 fully saturated rings. The standard InChI is InChI=1S/C10H9FN2OS/c1-6-4-7(11)2-3-8(6)10(14)9-5-12-15-13-9/h2-5,10,14H,1H3. The van der Waals surface area contributed by atoms with Crippen molar-refractivity contribution in [3.05, 3.63) is 47.0 Å². The van der Waals surface area contributed by atoms with E-state index in [2.05, 4.69) is 8.75 Å². The molecule has 2 rings (SSSR count). The summed E-state index contributed by atoms with van der Waals surface area (Å²) in [6.07, 6.45) is 0.683. The van der Waals surface area contributed by atoms with E-state index in [1.807, 2.05) is 0 Å². The third kappa shape index (κ3) is 2.03. The number of hydrogen-bond acceptors (Lipinski definition) is 4. The molecular formula is C10H9FN2OS. The van der Waals surface area contributed by atoms with Gasteiger partial charge in [0.1, 0.15) is 17.6 Å². The Morgan fingerprint density at radius 3 is 2.87 bits per heavy atom. The van der Waals surface area contributed by atoms with Gasteiger partial charge in [-0.15, -0.1) is 0 Å². The van der Waals surface area contributed by atoms with Crippen LogP contribution in [-0.4, -0.2) is 13.9 Å². The van der Waals surface area contributed by atoms with E-state index in [1.165, 1.54) is 18.3 Å². The zero-order valence-electron chi connectivity index (χ0n) is 8.01. The number of rotatable bonds is 2. The number of aliphatic hydroxyl groups excluding tert-OH is 1. The molecule has 5 heteroatoms. The van der Waals surface area contributed by atoms with E-state index in [9.17, 15) is 9.50 Å². The van der Waals surface area contributed by atoms with Crippen LogP contribution in [0.25, 0.3) is 0 Å². The van der Waals surface area contributed by atoms with Crippen LogP contribution in [0.5, 0.6) is 0 Å². The van der Waals surface area contributed by atoms with Crippen molar-refractivity contribution in [1.82, 2.24) is 8.75 Å². The zero-order valence-corrected chi connectivity index (χ0v) is 8.83. The Hall–Kier alpha value is -1.33. The van der Waals surface area contributed by atoms with Gasteiger partial charge in [-0.05, 0) is 30.2 Å². The Kier molecular flexibility index (Phi) is 2.75. The fraction of sp³-hybridized carbons (Fsp3) is 0.200. The van der Waals surface area contributed by atoms with E-state index in [1.54, 1.807) is 13.0 Å². The normalized spacial score (nSPS) is 12.7. The molecule has 0 bridgehead atoms. The second-order valence-corrected chi connectivity index (χ2v) is 3.79. The second-order valence-electron chi connectivity index (χ2n) is 3.24. The molecule has 15 heavy (non-hydrogen) atoms. The molecule has 0 radical (unpaired) electrons. The van der Waals surface area contributed by atoms with Crippen LogP contribution in [0.3, 0.4) is 0 Å².